The van der Waals surface area contributed by atoms with Crippen LogP contribution in [-0.2, 0) is 13.5 Å². The van der Waals surface area contributed by atoms with Gasteiger partial charge >= 0.3 is 0 Å². The third-order valence-corrected chi connectivity index (χ3v) is 5.36. The Morgan fingerprint density at radius 1 is 0.958 bits per heavy atom. The van der Waals surface area contributed by atoms with Crippen molar-refractivity contribution in [3.8, 4) is 0 Å². The first-order valence-electron chi connectivity index (χ1n) is 9.49. The quantitative estimate of drug-likeness (QED) is 0.863. The van der Waals surface area contributed by atoms with Crippen molar-refractivity contribution in [1.29, 1.82) is 0 Å². The zero-order chi connectivity index (χ0) is 16.7. The van der Waals surface area contributed by atoms with Crippen LogP contribution in [-0.4, -0.2) is 40.7 Å². The number of aromatic nitrogens is 3. The van der Waals surface area contributed by atoms with E-state index >= 15 is 0 Å². The molecule has 0 saturated carbocycles. The molecule has 0 N–H and O–H groups in total. The summed E-state index contributed by atoms with van der Waals surface area (Å²) in [5.74, 6) is 2.73. The van der Waals surface area contributed by atoms with Crippen LogP contribution in [0.2, 0.25) is 0 Å². The first kappa shape index (κ1) is 15.7. The molecule has 0 aromatic carbocycles. The summed E-state index contributed by atoms with van der Waals surface area (Å²) in [4.78, 5) is 14.8. The van der Waals surface area contributed by atoms with Gasteiger partial charge in [-0.3, -0.25) is 0 Å². The van der Waals surface area contributed by atoms with Gasteiger partial charge in [-0.15, -0.1) is 0 Å². The Kier molecular flexibility index (Phi) is 4.10. The van der Waals surface area contributed by atoms with Crippen LogP contribution in [0.3, 0.4) is 0 Å². The molecule has 2 saturated heterocycles. The lowest BCUT2D eigenvalue weighted by Crippen LogP contribution is -2.24. The highest BCUT2D eigenvalue weighted by Gasteiger charge is 2.24. The molecule has 130 valence electrons. The van der Waals surface area contributed by atoms with Crippen LogP contribution >= 0.6 is 0 Å². The van der Waals surface area contributed by atoms with Crippen LogP contribution in [0.1, 0.15) is 45.2 Å². The molecule has 0 atom stereocenters. The van der Waals surface area contributed by atoms with Gasteiger partial charge in [-0.2, -0.15) is 9.97 Å². The van der Waals surface area contributed by atoms with Gasteiger partial charge in [0.05, 0.1) is 5.39 Å². The second-order valence-corrected chi connectivity index (χ2v) is 7.77. The molecule has 0 unspecified atom stereocenters. The van der Waals surface area contributed by atoms with Crippen molar-refractivity contribution in [1.82, 2.24) is 14.5 Å². The maximum Gasteiger partial charge on any atom is 0.229 e. The van der Waals surface area contributed by atoms with Crippen molar-refractivity contribution < 1.29 is 0 Å². The molecule has 0 aliphatic carbocycles. The summed E-state index contributed by atoms with van der Waals surface area (Å²) in [6.45, 7) is 8.99. The summed E-state index contributed by atoms with van der Waals surface area (Å²) in [6.07, 6.45) is 6.15. The molecule has 4 rings (SSSR count). The van der Waals surface area contributed by atoms with E-state index in [-0.39, 0.29) is 0 Å². The van der Waals surface area contributed by atoms with Crippen LogP contribution < -0.4 is 9.80 Å². The van der Waals surface area contributed by atoms with Crippen LogP contribution in [0.4, 0.5) is 11.8 Å². The summed E-state index contributed by atoms with van der Waals surface area (Å²) < 4.78 is 2.29. The van der Waals surface area contributed by atoms with E-state index in [1.54, 1.807) is 0 Å². The molecular weight excluding hydrogens is 298 g/mol. The predicted octanol–water partition coefficient (Wildman–Crippen LogP) is 3.37. The fraction of sp³-hybridized carbons (Fsp3) is 0.684. The van der Waals surface area contributed by atoms with Crippen LogP contribution in [0.5, 0.6) is 0 Å². The second-order valence-electron chi connectivity index (χ2n) is 7.77. The second kappa shape index (κ2) is 6.26. The maximum absolute atomic E-state index is 5.03. The van der Waals surface area contributed by atoms with Gasteiger partial charge in [0.2, 0.25) is 5.95 Å². The number of fused-ring (bicyclic) bond motifs is 1. The molecule has 2 aromatic rings. The van der Waals surface area contributed by atoms with Gasteiger partial charge in [0, 0.05) is 38.9 Å². The molecule has 0 amide bonds. The van der Waals surface area contributed by atoms with Crippen LogP contribution in [0.25, 0.3) is 11.0 Å². The van der Waals surface area contributed by atoms with Crippen molar-refractivity contribution in [2.24, 2.45) is 13.0 Å². The molecule has 2 fully saturated rings. The Bertz CT molecular complexity index is 721. The molecule has 4 heterocycles. The van der Waals surface area contributed by atoms with Crippen molar-refractivity contribution in [2.45, 2.75) is 46.0 Å². The Morgan fingerprint density at radius 2 is 1.58 bits per heavy atom. The minimum atomic E-state index is 0.647. The number of nitrogens with zero attached hydrogens (tertiary/aromatic N) is 5. The highest BCUT2D eigenvalue weighted by Crippen LogP contribution is 2.32. The minimum Gasteiger partial charge on any atom is -0.356 e. The van der Waals surface area contributed by atoms with Crippen molar-refractivity contribution in [3.63, 3.8) is 0 Å². The summed E-state index contributed by atoms with van der Waals surface area (Å²) in [5, 5.41) is 1.23. The summed E-state index contributed by atoms with van der Waals surface area (Å²) in [6, 6.07) is 2.33. The molecular formula is C19H29N5. The van der Waals surface area contributed by atoms with Crippen LogP contribution in [0, 0.1) is 5.92 Å². The Hall–Kier alpha value is -1.78. The SMILES string of the molecule is CC(C)Cc1cc2c(N3CCCC3)nc(N3CCCC3)nc2n1C. The maximum atomic E-state index is 5.03. The van der Waals surface area contributed by atoms with Gasteiger partial charge < -0.3 is 14.4 Å². The topological polar surface area (TPSA) is 37.2 Å². The fourth-order valence-electron chi connectivity index (χ4n) is 4.06. The Balaban J connectivity index is 1.85. The Labute approximate surface area is 144 Å². The lowest BCUT2D eigenvalue weighted by molar-refractivity contribution is 0.619. The van der Waals surface area contributed by atoms with Gasteiger partial charge in [0.15, 0.2) is 0 Å². The fourth-order valence-corrected chi connectivity index (χ4v) is 4.06. The number of hydrogen-bond donors (Lipinski definition) is 0. The third-order valence-electron chi connectivity index (χ3n) is 5.36. The van der Waals surface area contributed by atoms with Gasteiger partial charge in [0.1, 0.15) is 11.5 Å². The average molecular weight is 327 g/mol. The van der Waals surface area contributed by atoms with E-state index in [4.69, 9.17) is 9.97 Å². The van der Waals surface area contributed by atoms with E-state index in [1.165, 1.54) is 36.8 Å². The number of rotatable bonds is 4. The van der Waals surface area contributed by atoms with Crippen molar-refractivity contribution in [3.05, 3.63) is 11.8 Å². The zero-order valence-corrected chi connectivity index (χ0v) is 15.3. The molecule has 24 heavy (non-hydrogen) atoms. The average Bonchev–Trinajstić information content (AvgIpc) is 3.29. The van der Waals surface area contributed by atoms with Gasteiger partial charge in [-0.25, -0.2) is 0 Å². The summed E-state index contributed by atoms with van der Waals surface area (Å²) >= 11 is 0. The standard InChI is InChI=1S/C19H29N5/c1-14(2)12-15-13-16-17(22(15)3)20-19(24-10-6-7-11-24)21-18(16)23-8-4-5-9-23/h13-14H,4-12H2,1-3H3. The largest absolute Gasteiger partial charge is 0.356 e. The van der Waals surface area contributed by atoms with Crippen molar-refractivity contribution >= 4 is 22.8 Å². The number of anilines is 2. The molecule has 2 aromatic heterocycles. The van der Waals surface area contributed by atoms with E-state index in [9.17, 15) is 0 Å². The number of aryl methyl sites for hydroxylation is 1. The first-order chi connectivity index (χ1) is 11.6. The monoisotopic (exact) mass is 327 g/mol. The van der Waals surface area contributed by atoms with E-state index in [2.05, 4.69) is 41.3 Å². The molecule has 2 aliphatic rings. The molecule has 2 aliphatic heterocycles. The molecule has 0 radical (unpaired) electrons. The van der Waals surface area contributed by atoms with Gasteiger partial charge in [-0.1, -0.05) is 13.8 Å². The summed E-state index contributed by atoms with van der Waals surface area (Å²) in [7, 11) is 2.16. The first-order valence-corrected chi connectivity index (χ1v) is 9.49. The molecule has 5 nitrogen and oxygen atoms in total. The Morgan fingerprint density at radius 3 is 2.21 bits per heavy atom. The normalized spacial score (nSPS) is 18.5. The molecule has 5 heteroatoms. The summed E-state index contributed by atoms with van der Waals surface area (Å²) in [5.41, 5.74) is 2.47. The highest BCUT2D eigenvalue weighted by molar-refractivity contribution is 5.90. The van der Waals surface area contributed by atoms with Crippen LogP contribution in [0.15, 0.2) is 6.07 Å². The predicted molar refractivity (Wildman–Crippen MR) is 99.9 cm³/mol. The minimum absolute atomic E-state index is 0.647. The lowest BCUT2D eigenvalue weighted by atomic mass is 10.1. The van der Waals surface area contributed by atoms with E-state index in [0.29, 0.717) is 5.92 Å². The van der Waals surface area contributed by atoms with Gasteiger partial charge in [-0.05, 0) is 44.1 Å². The number of hydrogen-bond acceptors (Lipinski definition) is 4. The zero-order valence-electron chi connectivity index (χ0n) is 15.3. The molecule has 0 spiro atoms. The lowest BCUT2D eigenvalue weighted by Gasteiger charge is -2.21. The van der Waals surface area contributed by atoms with E-state index in [0.717, 1.165) is 50.0 Å². The third kappa shape index (κ3) is 2.74. The highest BCUT2D eigenvalue weighted by atomic mass is 15.3. The van der Waals surface area contributed by atoms with E-state index in [1.807, 2.05) is 0 Å². The van der Waals surface area contributed by atoms with Crippen molar-refractivity contribution in [2.75, 3.05) is 36.0 Å². The molecule has 0 bridgehead atoms. The van der Waals surface area contributed by atoms with Gasteiger partial charge in [0.25, 0.3) is 0 Å². The smallest absolute Gasteiger partial charge is 0.229 e. The van der Waals surface area contributed by atoms with E-state index < -0.39 is 0 Å².